The average Bonchev–Trinajstić information content (AvgIpc) is 3.17. The van der Waals surface area contributed by atoms with Crippen LogP contribution < -0.4 is 15.4 Å². The lowest BCUT2D eigenvalue weighted by molar-refractivity contribution is -0.116. The highest BCUT2D eigenvalue weighted by atomic mass is 35.5. The van der Waals surface area contributed by atoms with E-state index in [4.69, 9.17) is 27.9 Å². The lowest BCUT2D eigenvalue weighted by atomic mass is 10.3. The van der Waals surface area contributed by atoms with E-state index in [9.17, 15) is 9.59 Å². The highest BCUT2D eigenvalue weighted by molar-refractivity contribution is 7.99. The molecule has 174 valence electrons. The fourth-order valence-electron chi connectivity index (χ4n) is 2.93. The summed E-state index contributed by atoms with van der Waals surface area (Å²) in [6.45, 7) is 4.98. The Balaban J connectivity index is 1.55. The Morgan fingerprint density at radius 3 is 2.33 bits per heavy atom. The van der Waals surface area contributed by atoms with E-state index in [0.717, 1.165) is 5.75 Å². The Morgan fingerprint density at radius 2 is 1.67 bits per heavy atom. The van der Waals surface area contributed by atoms with Crippen molar-refractivity contribution in [3.8, 4) is 5.75 Å². The first kappa shape index (κ1) is 24.9. The van der Waals surface area contributed by atoms with Crippen molar-refractivity contribution in [3.05, 3.63) is 58.3 Å². The minimum absolute atomic E-state index is 0.0596. The molecular weight excluding hydrogens is 485 g/mol. The molecule has 0 spiro atoms. The molecule has 2 amide bonds. The van der Waals surface area contributed by atoms with E-state index >= 15 is 0 Å². The number of aromatic nitrogens is 3. The smallest absolute Gasteiger partial charge is 0.234 e. The van der Waals surface area contributed by atoms with Crippen LogP contribution in [-0.4, -0.2) is 38.9 Å². The van der Waals surface area contributed by atoms with E-state index < -0.39 is 0 Å². The Morgan fingerprint density at radius 1 is 0.970 bits per heavy atom. The molecule has 0 aliphatic rings. The highest BCUT2D eigenvalue weighted by Gasteiger charge is 2.16. The highest BCUT2D eigenvalue weighted by Crippen LogP contribution is 2.25. The fourth-order valence-corrected chi connectivity index (χ4v) is 4.04. The van der Waals surface area contributed by atoms with E-state index in [-0.39, 0.29) is 24.0 Å². The van der Waals surface area contributed by atoms with Crippen molar-refractivity contribution >= 4 is 58.2 Å². The lowest BCUT2D eigenvalue weighted by Crippen LogP contribution is -2.18. The SMILES string of the molecule is CCOc1ccc(NC(=O)Cc2nnc(SCC(=O)Nc3ccc(Cl)c(Cl)c3)n2CC)cc1. The van der Waals surface area contributed by atoms with Crippen molar-refractivity contribution in [2.75, 3.05) is 23.0 Å². The van der Waals surface area contributed by atoms with E-state index in [0.29, 0.717) is 45.6 Å². The first-order valence-electron chi connectivity index (χ1n) is 10.2. The molecule has 3 aromatic rings. The van der Waals surface area contributed by atoms with Gasteiger partial charge in [0.1, 0.15) is 11.6 Å². The van der Waals surface area contributed by atoms with Gasteiger partial charge in [-0.1, -0.05) is 35.0 Å². The van der Waals surface area contributed by atoms with Gasteiger partial charge in [-0.3, -0.25) is 9.59 Å². The summed E-state index contributed by atoms with van der Waals surface area (Å²) in [5.74, 6) is 0.949. The zero-order valence-electron chi connectivity index (χ0n) is 18.1. The number of carbonyl (C=O) groups is 2. The zero-order chi connectivity index (χ0) is 23.8. The molecular formula is C22H23Cl2N5O3S. The van der Waals surface area contributed by atoms with Crippen molar-refractivity contribution in [2.45, 2.75) is 32.0 Å². The number of carbonyl (C=O) groups excluding carboxylic acids is 2. The summed E-state index contributed by atoms with van der Waals surface area (Å²) >= 11 is 13.1. The number of anilines is 2. The molecule has 0 fully saturated rings. The van der Waals surface area contributed by atoms with E-state index in [1.165, 1.54) is 11.8 Å². The Hall–Kier alpha value is -2.75. The summed E-state index contributed by atoms with van der Waals surface area (Å²) < 4.78 is 7.22. The second-order valence-electron chi connectivity index (χ2n) is 6.79. The molecule has 0 bridgehead atoms. The maximum absolute atomic E-state index is 12.5. The minimum atomic E-state index is -0.223. The third-order valence-corrected chi connectivity index (χ3v) is 6.12. The fraction of sp³-hybridized carbons (Fsp3) is 0.273. The number of nitrogens with zero attached hydrogens (tertiary/aromatic N) is 3. The quantitative estimate of drug-likeness (QED) is 0.378. The first-order chi connectivity index (χ1) is 15.9. The number of halogens is 2. The second kappa shape index (κ2) is 11.9. The van der Waals surface area contributed by atoms with Crippen LogP contribution in [0.3, 0.4) is 0 Å². The molecule has 8 nitrogen and oxygen atoms in total. The normalized spacial score (nSPS) is 10.7. The van der Waals surface area contributed by atoms with Gasteiger partial charge in [0, 0.05) is 17.9 Å². The van der Waals surface area contributed by atoms with Crippen molar-refractivity contribution in [3.63, 3.8) is 0 Å². The molecule has 1 heterocycles. The van der Waals surface area contributed by atoms with Crippen molar-refractivity contribution in [1.82, 2.24) is 14.8 Å². The Bertz CT molecular complexity index is 1120. The summed E-state index contributed by atoms with van der Waals surface area (Å²) in [5, 5.41) is 15.2. The third kappa shape index (κ3) is 7.12. The maximum atomic E-state index is 12.5. The van der Waals surface area contributed by atoms with E-state index in [1.807, 2.05) is 18.4 Å². The molecule has 2 N–H and O–H groups in total. The number of thioether (sulfide) groups is 1. The number of nitrogens with one attached hydrogen (secondary N) is 2. The number of rotatable bonds is 10. The van der Waals surface area contributed by atoms with Crippen LogP contribution in [-0.2, 0) is 22.6 Å². The van der Waals surface area contributed by atoms with Crippen molar-refractivity contribution in [2.24, 2.45) is 0 Å². The summed E-state index contributed by atoms with van der Waals surface area (Å²) in [5.41, 5.74) is 1.22. The molecule has 1 aromatic heterocycles. The van der Waals surface area contributed by atoms with Gasteiger partial charge >= 0.3 is 0 Å². The van der Waals surface area contributed by atoms with Crippen LogP contribution in [0.5, 0.6) is 5.75 Å². The number of hydrogen-bond donors (Lipinski definition) is 2. The molecule has 0 aliphatic heterocycles. The number of amides is 2. The predicted octanol–water partition coefficient (Wildman–Crippen LogP) is 4.92. The molecule has 0 saturated heterocycles. The lowest BCUT2D eigenvalue weighted by Gasteiger charge is -2.09. The Labute approximate surface area is 206 Å². The van der Waals surface area contributed by atoms with Gasteiger partial charge in [0.2, 0.25) is 11.8 Å². The number of hydrogen-bond acceptors (Lipinski definition) is 6. The van der Waals surface area contributed by atoms with Gasteiger partial charge in [-0.25, -0.2) is 0 Å². The largest absolute Gasteiger partial charge is 0.494 e. The van der Waals surface area contributed by atoms with Crippen LogP contribution in [0.4, 0.5) is 11.4 Å². The standard InChI is InChI=1S/C22H23Cl2N5O3S/c1-3-29-19(12-20(30)25-14-5-8-16(9-6-14)32-4-2)27-28-22(29)33-13-21(31)26-15-7-10-17(23)18(24)11-15/h5-11H,3-4,12-13H2,1-2H3,(H,25,30)(H,26,31). The molecule has 0 aliphatic carbocycles. The van der Waals surface area contributed by atoms with Crippen LogP contribution in [0, 0.1) is 0 Å². The second-order valence-corrected chi connectivity index (χ2v) is 8.55. The van der Waals surface area contributed by atoms with Crippen LogP contribution in [0.2, 0.25) is 10.0 Å². The molecule has 0 saturated carbocycles. The van der Waals surface area contributed by atoms with Crippen molar-refractivity contribution in [1.29, 1.82) is 0 Å². The average molecular weight is 508 g/mol. The summed E-state index contributed by atoms with van der Waals surface area (Å²) in [6.07, 6.45) is 0.0596. The van der Waals surface area contributed by atoms with E-state index in [2.05, 4.69) is 20.8 Å². The van der Waals surface area contributed by atoms with Gasteiger partial charge in [-0.2, -0.15) is 0 Å². The van der Waals surface area contributed by atoms with Crippen LogP contribution in [0.25, 0.3) is 0 Å². The minimum Gasteiger partial charge on any atom is -0.494 e. The summed E-state index contributed by atoms with van der Waals surface area (Å²) in [4.78, 5) is 24.8. The number of benzene rings is 2. The number of ether oxygens (including phenoxy) is 1. The summed E-state index contributed by atoms with van der Waals surface area (Å²) in [7, 11) is 0. The van der Waals surface area contributed by atoms with Crippen molar-refractivity contribution < 1.29 is 14.3 Å². The molecule has 0 radical (unpaired) electrons. The molecule has 11 heteroatoms. The van der Waals surface area contributed by atoms with Gasteiger partial charge in [0.25, 0.3) is 0 Å². The zero-order valence-corrected chi connectivity index (χ0v) is 20.4. The molecule has 0 atom stereocenters. The summed E-state index contributed by atoms with van der Waals surface area (Å²) in [6, 6.07) is 12.0. The molecule has 3 rings (SSSR count). The van der Waals surface area contributed by atoms with E-state index in [1.54, 1.807) is 42.5 Å². The predicted molar refractivity (Wildman–Crippen MR) is 131 cm³/mol. The first-order valence-corrected chi connectivity index (χ1v) is 12.0. The molecule has 33 heavy (non-hydrogen) atoms. The van der Waals surface area contributed by atoms with Gasteiger partial charge in [0.05, 0.1) is 28.8 Å². The molecule has 2 aromatic carbocycles. The van der Waals surface area contributed by atoms with Gasteiger partial charge in [-0.15, -0.1) is 10.2 Å². The Kier molecular flexibility index (Phi) is 8.99. The van der Waals surface area contributed by atoms with Crippen LogP contribution >= 0.6 is 35.0 Å². The van der Waals surface area contributed by atoms with Crippen LogP contribution in [0.1, 0.15) is 19.7 Å². The third-order valence-electron chi connectivity index (χ3n) is 4.41. The van der Waals surface area contributed by atoms with Gasteiger partial charge in [0.15, 0.2) is 5.16 Å². The molecule has 0 unspecified atom stereocenters. The van der Waals surface area contributed by atoms with Gasteiger partial charge in [-0.05, 0) is 56.3 Å². The topological polar surface area (TPSA) is 98.1 Å². The van der Waals surface area contributed by atoms with Crippen LogP contribution in [0.15, 0.2) is 47.6 Å². The monoisotopic (exact) mass is 507 g/mol. The maximum Gasteiger partial charge on any atom is 0.234 e. The van der Waals surface area contributed by atoms with Gasteiger partial charge < -0.3 is 19.9 Å².